The molecule has 0 aliphatic heterocycles. The fraction of sp³-hybridized carbons (Fsp3) is 0.200. The maximum absolute atomic E-state index is 10.6. The molecule has 1 aromatic carbocycles. The maximum atomic E-state index is 10.6. The van der Waals surface area contributed by atoms with Gasteiger partial charge in [-0.05, 0) is 17.8 Å². The summed E-state index contributed by atoms with van der Waals surface area (Å²) < 4.78 is 0. The molecule has 0 amide bonds. The number of nitrogens with two attached hydrogens (primary N) is 1. The maximum Gasteiger partial charge on any atom is 0.313 e. The number of aliphatic carboxylic acids is 1. The van der Waals surface area contributed by atoms with Crippen LogP contribution in [0.2, 0.25) is 0 Å². The van der Waals surface area contributed by atoms with Crippen molar-refractivity contribution in [3.05, 3.63) is 35.9 Å². The molecule has 5 nitrogen and oxygen atoms in total. The Morgan fingerprint density at radius 1 is 1.47 bits per heavy atom. The highest BCUT2D eigenvalue weighted by atomic mass is 32.2. The van der Waals surface area contributed by atoms with Crippen molar-refractivity contribution in [2.75, 3.05) is 5.75 Å². The van der Waals surface area contributed by atoms with Crippen LogP contribution in [0.3, 0.4) is 0 Å². The van der Waals surface area contributed by atoms with Gasteiger partial charge in [-0.3, -0.25) is 10.2 Å². The number of thioether (sulfide) groups is 1. The number of carbonyl (C=O) groups is 1. The first kappa shape index (κ1) is 13.8. The first-order valence-corrected chi connectivity index (χ1v) is 6.24. The van der Waals surface area contributed by atoms with E-state index in [1.807, 2.05) is 30.3 Å². The third kappa shape index (κ3) is 5.53. The highest BCUT2D eigenvalue weighted by molar-refractivity contribution is 8.00. The quantitative estimate of drug-likeness (QED) is 0.346. The van der Waals surface area contributed by atoms with Gasteiger partial charge in [0.2, 0.25) is 0 Å². The molecule has 0 spiro atoms. The molecule has 5 N–H and O–H groups in total. The summed E-state index contributed by atoms with van der Waals surface area (Å²) in [5.41, 5.74) is 11.7. The third-order valence-electron chi connectivity index (χ3n) is 1.80. The van der Waals surface area contributed by atoms with Gasteiger partial charge < -0.3 is 10.8 Å². The van der Waals surface area contributed by atoms with Crippen LogP contribution >= 0.6 is 24.0 Å². The minimum atomic E-state index is -0.868. The van der Waals surface area contributed by atoms with E-state index < -0.39 is 5.97 Å². The number of hydrogen-bond donors (Lipinski definition) is 4. The molecule has 0 radical (unpaired) electrons. The van der Waals surface area contributed by atoms with Crippen molar-refractivity contribution in [2.24, 2.45) is 5.73 Å². The van der Waals surface area contributed by atoms with Crippen molar-refractivity contribution < 1.29 is 9.90 Å². The SMILES string of the molecule is NC(=S)NN[C@H](SCC(=O)O)c1ccccc1. The summed E-state index contributed by atoms with van der Waals surface area (Å²) in [5.74, 6) is -0.876. The zero-order valence-electron chi connectivity index (χ0n) is 8.92. The predicted octanol–water partition coefficient (Wildman–Crippen LogP) is 0.841. The zero-order chi connectivity index (χ0) is 12.7. The molecule has 1 rings (SSSR count). The molecule has 0 bridgehead atoms. The minimum Gasteiger partial charge on any atom is -0.481 e. The van der Waals surface area contributed by atoms with Crippen molar-refractivity contribution in [1.82, 2.24) is 10.9 Å². The summed E-state index contributed by atoms with van der Waals surface area (Å²) in [7, 11) is 0. The van der Waals surface area contributed by atoms with Gasteiger partial charge in [0.1, 0.15) is 0 Å². The number of hydrazine groups is 1. The second-order valence-corrected chi connectivity index (χ2v) is 4.66. The predicted molar refractivity (Wildman–Crippen MR) is 72.3 cm³/mol. The van der Waals surface area contributed by atoms with E-state index in [4.69, 9.17) is 10.8 Å². The summed E-state index contributed by atoms with van der Waals surface area (Å²) in [6.07, 6.45) is 0. The van der Waals surface area contributed by atoms with Crippen molar-refractivity contribution in [1.29, 1.82) is 0 Å². The topological polar surface area (TPSA) is 87.4 Å². The summed E-state index contributed by atoms with van der Waals surface area (Å²) in [4.78, 5) is 10.6. The van der Waals surface area contributed by atoms with Gasteiger partial charge in [0.05, 0.1) is 11.1 Å². The normalized spacial score (nSPS) is 11.8. The van der Waals surface area contributed by atoms with Crippen LogP contribution < -0.4 is 16.6 Å². The molecule has 0 aliphatic rings. The summed E-state index contributed by atoms with van der Waals surface area (Å²) in [5, 5.41) is 8.55. The molecule has 0 unspecified atom stereocenters. The Bertz CT molecular complexity index is 368. The lowest BCUT2D eigenvalue weighted by Gasteiger charge is -2.18. The Morgan fingerprint density at radius 3 is 2.65 bits per heavy atom. The molecule has 1 aromatic rings. The van der Waals surface area contributed by atoms with Gasteiger partial charge in [-0.1, -0.05) is 30.3 Å². The molecule has 1 atom stereocenters. The highest BCUT2D eigenvalue weighted by Gasteiger charge is 2.13. The molecular formula is C10H13N3O2S2. The van der Waals surface area contributed by atoms with E-state index in [1.54, 1.807) is 0 Å². The van der Waals surface area contributed by atoms with E-state index in [0.717, 1.165) is 5.56 Å². The molecule has 92 valence electrons. The highest BCUT2D eigenvalue weighted by Crippen LogP contribution is 2.24. The lowest BCUT2D eigenvalue weighted by Crippen LogP contribution is -2.42. The van der Waals surface area contributed by atoms with Gasteiger partial charge in [0, 0.05) is 0 Å². The van der Waals surface area contributed by atoms with Crippen LogP contribution in [0, 0.1) is 0 Å². The van der Waals surface area contributed by atoms with E-state index in [0.29, 0.717) is 0 Å². The van der Waals surface area contributed by atoms with Gasteiger partial charge in [0.25, 0.3) is 0 Å². The molecule has 0 fully saturated rings. The Labute approximate surface area is 109 Å². The molecule has 0 aliphatic carbocycles. The fourth-order valence-electron chi connectivity index (χ4n) is 1.14. The molecular weight excluding hydrogens is 258 g/mol. The van der Waals surface area contributed by atoms with Gasteiger partial charge in [-0.2, -0.15) is 0 Å². The average Bonchev–Trinajstić information content (AvgIpc) is 2.29. The van der Waals surface area contributed by atoms with Gasteiger partial charge in [-0.15, -0.1) is 11.8 Å². The first-order chi connectivity index (χ1) is 8.09. The third-order valence-corrected chi connectivity index (χ3v) is 3.04. The van der Waals surface area contributed by atoms with Crippen LogP contribution in [0.4, 0.5) is 0 Å². The van der Waals surface area contributed by atoms with E-state index in [-0.39, 0.29) is 16.2 Å². The van der Waals surface area contributed by atoms with Crippen molar-refractivity contribution in [3.63, 3.8) is 0 Å². The number of benzene rings is 1. The Hall–Kier alpha value is -1.31. The molecule has 0 aromatic heterocycles. The monoisotopic (exact) mass is 271 g/mol. The molecule has 0 saturated heterocycles. The van der Waals surface area contributed by atoms with E-state index >= 15 is 0 Å². The molecule has 7 heteroatoms. The largest absolute Gasteiger partial charge is 0.481 e. The lowest BCUT2D eigenvalue weighted by molar-refractivity contribution is -0.133. The number of carboxylic acid groups (broad SMARTS) is 1. The van der Waals surface area contributed by atoms with E-state index in [9.17, 15) is 4.79 Å². The number of rotatable bonds is 6. The van der Waals surface area contributed by atoms with Gasteiger partial charge >= 0.3 is 5.97 Å². The van der Waals surface area contributed by atoms with Crippen LogP contribution in [0.1, 0.15) is 10.9 Å². The Kier molecular flexibility index (Phi) is 5.75. The molecule has 0 heterocycles. The standard InChI is InChI=1S/C10H13N3O2S2/c11-10(16)13-12-9(17-6-8(14)15)7-4-2-1-3-5-7/h1-5,9,12H,6H2,(H,14,15)(H3,11,13,16)/t9-/m1/s1. The summed E-state index contributed by atoms with van der Waals surface area (Å²) >= 11 is 5.91. The zero-order valence-corrected chi connectivity index (χ0v) is 10.6. The second kappa shape index (κ2) is 7.10. The van der Waals surface area contributed by atoms with Crippen LogP contribution in [-0.2, 0) is 4.79 Å². The molecule has 0 saturated carbocycles. The van der Waals surface area contributed by atoms with Crippen molar-refractivity contribution >= 4 is 35.1 Å². The van der Waals surface area contributed by atoms with Crippen molar-refractivity contribution in [2.45, 2.75) is 5.37 Å². The number of thiocarbonyl (C=S) groups is 1. The first-order valence-electron chi connectivity index (χ1n) is 4.79. The summed E-state index contributed by atoms with van der Waals surface area (Å²) in [6.45, 7) is 0. The Balaban J connectivity index is 2.64. The molecule has 17 heavy (non-hydrogen) atoms. The van der Waals surface area contributed by atoms with Crippen LogP contribution in [-0.4, -0.2) is 21.9 Å². The van der Waals surface area contributed by atoms with Crippen molar-refractivity contribution in [3.8, 4) is 0 Å². The van der Waals surface area contributed by atoms with Crippen LogP contribution in [0.25, 0.3) is 0 Å². The second-order valence-electron chi connectivity index (χ2n) is 3.13. The summed E-state index contributed by atoms with van der Waals surface area (Å²) in [6, 6.07) is 9.45. The van der Waals surface area contributed by atoms with E-state index in [2.05, 4.69) is 23.1 Å². The number of carboxylic acids is 1. The van der Waals surface area contributed by atoms with Gasteiger partial charge in [-0.25, -0.2) is 5.43 Å². The van der Waals surface area contributed by atoms with Gasteiger partial charge in [0.15, 0.2) is 5.11 Å². The average molecular weight is 271 g/mol. The van der Waals surface area contributed by atoms with E-state index in [1.165, 1.54) is 11.8 Å². The van der Waals surface area contributed by atoms with Crippen LogP contribution in [0.15, 0.2) is 30.3 Å². The smallest absolute Gasteiger partial charge is 0.313 e. The minimum absolute atomic E-state index is 0.00836. The Morgan fingerprint density at radius 2 is 2.12 bits per heavy atom. The fourth-order valence-corrected chi connectivity index (χ4v) is 2.00. The lowest BCUT2D eigenvalue weighted by atomic mass is 10.2. The number of hydrogen-bond acceptors (Lipinski definition) is 4. The number of nitrogens with one attached hydrogen (secondary N) is 2. The van der Waals surface area contributed by atoms with Crippen LogP contribution in [0.5, 0.6) is 0 Å².